The first-order valence-electron chi connectivity index (χ1n) is 2.80. The van der Waals surface area contributed by atoms with E-state index in [1.54, 1.807) is 17.5 Å². The van der Waals surface area contributed by atoms with Gasteiger partial charge in [0.2, 0.25) is 0 Å². The molecule has 0 bridgehead atoms. The molecular weight excluding hydrogens is 146 g/mol. The summed E-state index contributed by atoms with van der Waals surface area (Å²) in [5.41, 5.74) is 7.20. The fourth-order valence-corrected chi connectivity index (χ4v) is 1.57. The maximum Gasteiger partial charge on any atom is 0.116 e. The Kier molecular flexibility index (Phi) is 1.07. The SMILES string of the molecule is Nc1csc2cncnc12. The summed E-state index contributed by atoms with van der Waals surface area (Å²) in [6.07, 6.45) is 3.27. The van der Waals surface area contributed by atoms with Crippen molar-refractivity contribution in [2.45, 2.75) is 0 Å². The number of nitrogens with zero attached hydrogens (tertiary/aromatic N) is 2. The highest BCUT2D eigenvalue weighted by Crippen LogP contribution is 2.23. The Hall–Kier alpha value is -1.16. The predicted octanol–water partition coefficient (Wildman–Crippen LogP) is 1.27. The summed E-state index contributed by atoms with van der Waals surface area (Å²) in [4.78, 5) is 7.88. The Morgan fingerprint density at radius 2 is 2.40 bits per heavy atom. The second kappa shape index (κ2) is 1.91. The lowest BCUT2D eigenvalue weighted by Gasteiger charge is -1.85. The molecule has 0 fully saturated rings. The molecule has 2 rings (SSSR count). The third-order valence-corrected chi connectivity index (χ3v) is 2.19. The standard InChI is InChI=1S/C6H5N3S/c7-4-2-10-5-1-8-3-9-6(4)5/h1-3H,7H2. The van der Waals surface area contributed by atoms with Crippen LogP contribution in [0.5, 0.6) is 0 Å². The minimum atomic E-state index is 0.738. The van der Waals surface area contributed by atoms with Crippen LogP contribution in [0, 0.1) is 0 Å². The summed E-state index contributed by atoms with van der Waals surface area (Å²) in [7, 11) is 0. The first kappa shape index (κ1) is 5.61. The average Bonchev–Trinajstić information content (AvgIpc) is 2.34. The quantitative estimate of drug-likeness (QED) is 0.617. The van der Waals surface area contributed by atoms with Crippen molar-refractivity contribution >= 4 is 27.2 Å². The van der Waals surface area contributed by atoms with Crippen LogP contribution in [0.3, 0.4) is 0 Å². The van der Waals surface area contributed by atoms with Crippen molar-refractivity contribution in [1.82, 2.24) is 9.97 Å². The molecule has 0 unspecified atom stereocenters. The molecule has 50 valence electrons. The molecule has 2 heterocycles. The van der Waals surface area contributed by atoms with E-state index in [1.165, 1.54) is 6.33 Å². The van der Waals surface area contributed by atoms with Gasteiger partial charge in [0, 0.05) is 11.6 Å². The van der Waals surface area contributed by atoms with E-state index in [4.69, 9.17) is 5.73 Å². The van der Waals surface area contributed by atoms with Gasteiger partial charge in [0.1, 0.15) is 11.8 Å². The maximum absolute atomic E-state index is 5.60. The molecule has 0 radical (unpaired) electrons. The lowest BCUT2D eigenvalue weighted by molar-refractivity contribution is 1.23. The van der Waals surface area contributed by atoms with E-state index < -0.39 is 0 Å². The first-order chi connectivity index (χ1) is 4.88. The minimum absolute atomic E-state index is 0.738. The largest absolute Gasteiger partial charge is 0.396 e. The van der Waals surface area contributed by atoms with E-state index in [9.17, 15) is 0 Å². The number of thiophene rings is 1. The van der Waals surface area contributed by atoms with Gasteiger partial charge < -0.3 is 5.73 Å². The van der Waals surface area contributed by atoms with Crippen molar-refractivity contribution < 1.29 is 0 Å². The second-order valence-corrected chi connectivity index (χ2v) is 2.84. The average molecular weight is 151 g/mol. The van der Waals surface area contributed by atoms with Gasteiger partial charge in [-0.15, -0.1) is 11.3 Å². The molecule has 10 heavy (non-hydrogen) atoms. The summed E-state index contributed by atoms with van der Waals surface area (Å²) in [6, 6.07) is 0. The number of fused-ring (bicyclic) bond motifs is 1. The molecule has 3 nitrogen and oxygen atoms in total. The molecule has 0 spiro atoms. The highest BCUT2D eigenvalue weighted by molar-refractivity contribution is 7.17. The number of nitrogens with two attached hydrogens (primary N) is 1. The molecule has 0 atom stereocenters. The van der Waals surface area contributed by atoms with Crippen LogP contribution in [0.4, 0.5) is 5.69 Å². The van der Waals surface area contributed by atoms with E-state index in [-0.39, 0.29) is 0 Å². The monoisotopic (exact) mass is 151 g/mol. The summed E-state index contributed by atoms with van der Waals surface area (Å²) < 4.78 is 1.04. The molecule has 0 aliphatic carbocycles. The van der Waals surface area contributed by atoms with Crippen LogP contribution in [-0.2, 0) is 0 Å². The van der Waals surface area contributed by atoms with Crippen LogP contribution >= 0.6 is 11.3 Å². The zero-order valence-corrected chi connectivity index (χ0v) is 5.93. The summed E-state index contributed by atoms with van der Waals surface area (Å²) in [5.74, 6) is 0. The Bertz CT molecular complexity index is 355. The van der Waals surface area contributed by atoms with Crippen LogP contribution in [0.25, 0.3) is 10.2 Å². The van der Waals surface area contributed by atoms with E-state index in [2.05, 4.69) is 9.97 Å². The molecule has 2 aromatic heterocycles. The third kappa shape index (κ3) is 0.657. The van der Waals surface area contributed by atoms with Crippen molar-refractivity contribution in [3.63, 3.8) is 0 Å². The summed E-state index contributed by atoms with van der Waals surface area (Å²) in [6.45, 7) is 0. The van der Waals surface area contributed by atoms with Crippen molar-refractivity contribution in [3.8, 4) is 0 Å². The zero-order chi connectivity index (χ0) is 6.97. The molecule has 0 aliphatic rings. The van der Waals surface area contributed by atoms with Crippen LogP contribution in [0.2, 0.25) is 0 Å². The van der Waals surface area contributed by atoms with E-state index in [0.717, 1.165) is 15.9 Å². The fraction of sp³-hybridized carbons (Fsp3) is 0. The number of hydrogen-bond donors (Lipinski definition) is 1. The maximum atomic E-state index is 5.60. The van der Waals surface area contributed by atoms with Gasteiger partial charge in [-0.25, -0.2) is 9.97 Å². The Balaban J connectivity index is 2.93. The zero-order valence-electron chi connectivity index (χ0n) is 5.11. The van der Waals surface area contributed by atoms with Gasteiger partial charge in [-0.05, 0) is 0 Å². The van der Waals surface area contributed by atoms with Gasteiger partial charge in [0.15, 0.2) is 0 Å². The Labute approximate surface area is 61.5 Å². The van der Waals surface area contributed by atoms with Crippen LogP contribution in [0.1, 0.15) is 0 Å². The number of nitrogen functional groups attached to an aromatic ring is 1. The minimum Gasteiger partial charge on any atom is -0.396 e. The fourth-order valence-electron chi connectivity index (χ4n) is 0.803. The number of rotatable bonds is 0. The van der Waals surface area contributed by atoms with Gasteiger partial charge in [-0.2, -0.15) is 0 Å². The molecular formula is C6H5N3S. The van der Waals surface area contributed by atoms with Gasteiger partial charge in [0.25, 0.3) is 0 Å². The van der Waals surface area contributed by atoms with E-state index in [0.29, 0.717) is 0 Å². The predicted molar refractivity (Wildman–Crippen MR) is 41.8 cm³/mol. The lowest BCUT2D eigenvalue weighted by Crippen LogP contribution is -1.83. The molecule has 0 saturated heterocycles. The van der Waals surface area contributed by atoms with Gasteiger partial charge in [-0.3, -0.25) is 0 Å². The third-order valence-electron chi connectivity index (χ3n) is 1.26. The Morgan fingerprint density at radius 1 is 1.50 bits per heavy atom. The number of aromatic nitrogens is 2. The molecule has 2 aromatic rings. The van der Waals surface area contributed by atoms with E-state index in [1.807, 2.05) is 5.38 Å². The normalized spacial score (nSPS) is 10.4. The second-order valence-electron chi connectivity index (χ2n) is 1.93. The highest BCUT2D eigenvalue weighted by atomic mass is 32.1. The van der Waals surface area contributed by atoms with Crippen molar-refractivity contribution in [2.75, 3.05) is 5.73 Å². The summed E-state index contributed by atoms with van der Waals surface area (Å²) in [5, 5.41) is 1.87. The van der Waals surface area contributed by atoms with Crippen LogP contribution < -0.4 is 5.73 Å². The molecule has 0 saturated carbocycles. The molecule has 0 aliphatic heterocycles. The smallest absolute Gasteiger partial charge is 0.116 e. The molecule has 4 heteroatoms. The number of hydrogen-bond acceptors (Lipinski definition) is 4. The van der Waals surface area contributed by atoms with Crippen molar-refractivity contribution in [1.29, 1.82) is 0 Å². The molecule has 2 N–H and O–H groups in total. The van der Waals surface area contributed by atoms with Crippen LogP contribution in [0.15, 0.2) is 17.9 Å². The van der Waals surface area contributed by atoms with Crippen molar-refractivity contribution in [2.24, 2.45) is 0 Å². The topological polar surface area (TPSA) is 51.8 Å². The van der Waals surface area contributed by atoms with E-state index >= 15 is 0 Å². The lowest BCUT2D eigenvalue weighted by atomic mass is 10.4. The van der Waals surface area contributed by atoms with Crippen LogP contribution in [-0.4, -0.2) is 9.97 Å². The number of anilines is 1. The highest BCUT2D eigenvalue weighted by Gasteiger charge is 1.98. The Morgan fingerprint density at radius 3 is 3.20 bits per heavy atom. The summed E-state index contributed by atoms with van der Waals surface area (Å²) >= 11 is 1.56. The van der Waals surface area contributed by atoms with Gasteiger partial charge >= 0.3 is 0 Å². The molecule has 0 amide bonds. The first-order valence-corrected chi connectivity index (χ1v) is 3.68. The van der Waals surface area contributed by atoms with Gasteiger partial charge in [-0.1, -0.05) is 0 Å². The van der Waals surface area contributed by atoms with Crippen molar-refractivity contribution in [3.05, 3.63) is 17.9 Å². The molecule has 0 aromatic carbocycles. The van der Waals surface area contributed by atoms with Gasteiger partial charge in [0.05, 0.1) is 10.4 Å².